The van der Waals surface area contributed by atoms with Gasteiger partial charge in [0.25, 0.3) is 0 Å². The Morgan fingerprint density at radius 2 is 2.60 bits per heavy atom. The van der Waals surface area contributed by atoms with Gasteiger partial charge >= 0.3 is 0 Å². The van der Waals surface area contributed by atoms with E-state index in [1.165, 1.54) is 12.8 Å². The fourth-order valence-electron chi connectivity index (χ4n) is 1.87. The molecule has 0 bridgehead atoms. The number of thiazole rings is 1. The summed E-state index contributed by atoms with van der Waals surface area (Å²) in [6.07, 6.45) is 2.75. The van der Waals surface area contributed by atoms with E-state index in [1.54, 1.807) is 11.3 Å². The Morgan fingerprint density at radius 3 is 3.27 bits per heavy atom. The molecule has 15 heavy (non-hydrogen) atoms. The van der Waals surface area contributed by atoms with E-state index in [9.17, 15) is 0 Å². The van der Waals surface area contributed by atoms with Crippen molar-refractivity contribution in [2.45, 2.75) is 25.9 Å². The predicted octanol–water partition coefficient (Wildman–Crippen LogP) is 2.91. The molecule has 1 fully saturated rings. The van der Waals surface area contributed by atoms with Gasteiger partial charge in [0.05, 0.1) is 6.10 Å². The molecule has 1 aliphatic rings. The highest BCUT2D eigenvalue weighted by Gasteiger charge is 2.21. The number of piperidine rings is 1. The number of hydrogen-bond acceptors (Lipinski definition) is 4. The number of hydrogen-bond donors (Lipinski definition) is 0. The van der Waals surface area contributed by atoms with Gasteiger partial charge in [-0.3, -0.25) is 0 Å². The standard InChI is InChI=1S/C10H15BrN2OS/c1-2-14-8-4-3-5-13(6-8)10-12-9(11)7-15-10/h7-8H,2-6H2,1H3. The van der Waals surface area contributed by atoms with Gasteiger partial charge < -0.3 is 9.64 Å². The van der Waals surface area contributed by atoms with Crippen LogP contribution in [0, 0.1) is 0 Å². The molecule has 0 aromatic carbocycles. The quantitative estimate of drug-likeness (QED) is 0.856. The van der Waals surface area contributed by atoms with E-state index in [2.05, 4.69) is 32.7 Å². The minimum absolute atomic E-state index is 0.381. The van der Waals surface area contributed by atoms with Crippen molar-refractivity contribution in [3.05, 3.63) is 9.98 Å². The van der Waals surface area contributed by atoms with Crippen LogP contribution >= 0.6 is 27.3 Å². The lowest BCUT2D eigenvalue weighted by Gasteiger charge is -2.32. The van der Waals surface area contributed by atoms with Crippen LogP contribution in [-0.4, -0.2) is 30.8 Å². The lowest BCUT2D eigenvalue weighted by atomic mass is 10.1. The second-order valence-electron chi connectivity index (χ2n) is 3.62. The lowest BCUT2D eigenvalue weighted by Crippen LogP contribution is -2.39. The molecule has 0 N–H and O–H groups in total. The maximum atomic E-state index is 5.66. The van der Waals surface area contributed by atoms with Gasteiger partial charge in [0.15, 0.2) is 5.13 Å². The van der Waals surface area contributed by atoms with Crippen LogP contribution in [0.4, 0.5) is 5.13 Å². The largest absolute Gasteiger partial charge is 0.377 e. The first-order valence-corrected chi connectivity index (χ1v) is 6.94. The topological polar surface area (TPSA) is 25.4 Å². The molecule has 3 nitrogen and oxygen atoms in total. The van der Waals surface area contributed by atoms with Crippen molar-refractivity contribution in [1.82, 2.24) is 4.98 Å². The zero-order valence-electron chi connectivity index (χ0n) is 8.78. The maximum Gasteiger partial charge on any atom is 0.186 e. The molecule has 1 aromatic rings. The monoisotopic (exact) mass is 290 g/mol. The first-order valence-electron chi connectivity index (χ1n) is 5.27. The van der Waals surface area contributed by atoms with Crippen LogP contribution in [0.1, 0.15) is 19.8 Å². The summed E-state index contributed by atoms with van der Waals surface area (Å²) in [6.45, 7) is 4.94. The Balaban J connectivity index is 1.98. The SMILES string of the molecule is CCOC1CCCN(c2nc(Br)cs2)C1. The highest BCUT2D eigenvalue weighted by Crippen LogP contribution is 2.26. The molecule has 1 atom stereocenters. The summed E-state index contributed by atoms with van der Waals surface area (Å²) in [5.41, 5.74) is 0. The van der Waals surface area contributed by atoms with Gasteiger partial charge in [-0.15, -0.1) is 11.3 Å². The van der Waals surface area contributed by atoms with Crippen molar-refractivity contribution in [3.8, 4) is 0 Å². The van der Waals surface area contributed by atoms with Crippen LogP contribution in [0.15, 0.2) is 9.98 Å². The Bertz CT molecular complexity index is 316. The number of nitrogens with zero attached hydrogens (tertiary/aromatic N) is 2. The normalized spacial score (nSPS) is 22.0. The third-order valence-electron chi connectivity index (χ3n) is 2.52. The van der Waals surface area contributed by atoms with E-state index in [0.29, 0.717) is 6.10 Å². The molecule has 0 amide bonds. The zero-order valence-corrected chi connectivity index (χ0v) is 11.2. The summed E-state index contributed by atoms with van der Waals surface area (Å²) < 4.78 is 6.60. The third-order valence-corrected chi connectivity index (χ3v) is 4.13. The summed E-state index contributed by atoms with van der Waals surface area (Å²) in [7, 11) is 0. The van der Waals surface area contributed by atoms with Crippen molar-refractivity contribution < 1.29 is 4.74 Å². The molecule has 2 heterocycles. The average molecular weight is 291 g/mol. The molecule has 1 unspecified atom stereocenters. The summed E-state index contributed by atoms with van der Waals surface area (Å²) >= 11 is 5.07. The van der Waals surface area contributed by atoms with Crippen molar-refractivity contribution in [2.75, 3.05) is 24.6 Å². The van der Waals surface area contributed by atoms with Crippen LogP contribution < -0.4 is 4.90 Å². The molecular formula is C10H15BrN2OS. The highest BCUT2D eigenvalue weighted by atomic mass is 79.9. The van der Waals surface area contributed by atoms with E-state index in [-0.39, 0.29) is 0 Å². The summed E-state index contributed by atoms with van der Waals surface area (Å²) in [4.78, 5) is 6.75. The van der Waals surface area contributed by atoms with E-state index >= 15 is 0 Å². The number of ether oxygens (including phenoxy) is 1. The molecule has 84 valence electrons. The molecule has 0 saturated carbocycles. The molecular weight excluding hydrogens is 276 g/mol. The van der Waals surface area contributed by atoms with Crippen LogP contribution in [-0.2, 0) is 4.74 Å². The molecule has 0 aliphatic carbocycles. The van der Waals surface area contributed by atoms with Crippen LogP contribution in [0.5, 0.6) is 0 Å². The van der Waals surface area contributed by atoms with Crippen LogP contribution in [0.25, 0.3) is 0 Å². The zero-order chi connectivity index (χ0) is 10.7. The van der Waals surface area contributed by atoms with E-state index in [4.69, 9.17) is 4.74 Å². The second-order valence-corrected chi connectivity index (χ2v) is 5.27. The Hall–Kier alpha value is -0.130. The van der Waals surface area contributed by atoms with Crippen LogP contribution in [0.2, 0.25) is 0 Å². The number of halogens is 1. The van der Waals surface area contributed by atoms with Gasteiger partial charge in [-0.1, -0.05) is 0 Å². The Labute approximate surface area is 103 Å². The van der Waals surface area contributed by atoms with Crippen LogP contribution in [0.3, 0.4) is 0 Å². The molecule has 5 heteroatoms. The van der Waals surface area contributed by atoms with Crippen molar-refractivity contribution in [1.29, 1.82) is 0 Å². The first kappa shape index (κ1) is 11.4. The van der Waals surface area contributed by atoms with Gasteiger partial charge in [0.2, 0.25) is 0 Å². The maximum absolute atomic E-state index is 5.66. The molecule has 1 aromatic heterocycles. The smallest absolute Gasteiger partial charge is 0.186 e. The van der Waals surface area contributed by atoms with Crippen molar-refractivity contribution in [3.63, 3.8) is 0 Å². The van der Waals surface area contributed by atoms with Gasteiger partial charge in [-0.2, -0.15) is 0 Å². The third kappa shape index (κ3) is 2.92. The average Bonchev–Trinajstić information content (AvgIpc) is 2.66. The van der Waals surface area contributed by atoms with Crippen molar-refractivity contribution in [2.24, 2.45) is 0 Å². The van der Waals surface area contributed by atoms with Crippen molar-refractivity contribution >= 4 is 32.4 Å². The minimum Gasteiger partial charge on any atom is -0.377 e. The molecule has 0 radical (unpaired) electrons. The highest BCUT2D eigenvalue weighted by molar-refractivity contribution is 9.10. The van der Waals surface area contributed by atoms with E-state index in [0.717, 1.165) is 29.4 Å². The summed E-state index contributed by atoms with van der Waals surface area (Å²) in [6, 6.07) is 0. The van der Waals surface area contributed by atoms with Gasteiger partial charge in [0.1, 0.15) is 4.60 Å². The van der Waals surface area contributed by atoms with E-state index < -0.39 is 0 Å². The molecule has 2 rings (SSSR count). The lowest BCUT2D eigenvalue weighted by molar-refractivity contribution is 0.0526. The first-order chi connectivity index (χ1) is 7.29. The molecule has 1 aliphatic heterocycles. The van der Waals surface area contributed by atoms with Gasteiger partial charge in [0, 0.05) is 25.1 Å². The fourth-order valence-corrected chi connectivity index (χ4v) is 3.16. The summed E-state index contributed by atoms with van der Waals surface area (Å²) in [5, 5.41) is 3.13. The minimum atomic E-state index is 0.381. The fraction of sp³-hybridized carbons (Fsp3) is 0.700. The summed E-state index contributed by atoms with van der Waals surface area (Å²) in [5.74, 6) is 0. The Kier molecular flexibility index (Phi) is 3.99. The number of anilines is 1. The van der Waals surface area contributed by atoms with Gasteiger partial charge in [-0.05, 0) is 35.7 Å². The van der Waals surface area contributed by atoms with E-state index in [1.807, 2.05) is 5.38 Å². The number of rotatable bonds is 3. The second kappa shape index (κ2) is 5.27. The predicted molar refractivity (Wildman–Crippen MR) is 66.7 cm³/mol. The van der Waals surface area contributed by atoms with Gasteiger partial charge in [-0.25, -0.2) is 4.98 Å². The molecule has 1 saturated heterocycles. The molecule has 0 spiro atoms. The number of aromatic nitrogens is 1. The Morgan fingerprint density at radius 1 is 1.73 bits per heavy atom.